The summed E-state index contributed by atoms with van der Waals surface area (Å²) in [4.78, 5) is 7.60. The molecule has 0 N–H and O–H groups in total. The Morgan fingerprint density at radius 2 is 1.08 bits per heavy atom. The third-order valence-corrected chi connectivity index (χ3v) is 11.0. The van der Waals surface area contributed by atoms with E-state index >= 15 is 0 Å². The van der Waals surface area contributed by atoms with Crippen molar-refractivity contribution in [3.05, 3.63) is 199 Å². The first-order valence-corrected chi connectivity index (χ1v) is 18.3. The summed E-state index contributed by atoms with van der Waals surface area (Å²) in [6.45, 7) is 4.68. The SMILES string of the molecule is CC1(C)c2ccccc2-c2ccc(-c3ccc(N(c4ccccc4)c4ccc(-c5nc6ccccc6n5-c5ccccc5)c5ccccc45)cc3)cc21. The summed E-state index contributed by atoms with van der Waals surface area (Å²) in [6.07, 6.45) is 0. The molecule has 53 heavy (non-hydrogen) atoms. The van der Waals surface area contributed by atoms with Gasteiger partial charge in [0.25, 0.3) is 0 Å². The second-order valence-corrected chi connectivity index (χ2v) is 14.4. The molecule has 1 aromatic heterocycles. The predicted octanol–water partition coefficient (Wildman–Crippen LogP) is 13.3. The lowest BCUT2D eigenvalue weighted by atomic mass is 9.81. The largest absolute Gasteiger partial charge is 0.310 e. The Hall–Kier alpha value is -6.71. The van der Waals surface area contributed by atoms with Crippen LogP contribution in [0.5, 0.6) is 0 Å². The maximum atomic E-state index is 5.23. The zero-order valence-corrected chi connectivity index (χ0v) is 29.7. The number of hydrogen-bond acceptors (Lipinski definition) is 2. The molecule has 1 aliphatic carbocycles. The summed E-state index contributed by atoms with van der Waals surface area (Å²) >= 11 is 0. The van der Waals surface area contributed by atoms with Crippen LogP contribution >= 0.6 is 0 Å². The number of aromatic nitrogens is 2. The molecule has 9 aromatic rings. The second kappa shape index (κ2) is 12.2. The molecule has 0 radical (unpaired) electrons. The summed E-state index contributed by atoms with van der Waals surface area (Å²) in [7, 11) is 0. The molecule has 0 spiro atoms. The number of anilines is 3. The van der Waals surface area contributed by atoms with Crippen molar-refractivity contribution in [2.45, 2.75) is 19.3 Å². The van der Waals surface area contributed by atoms with Crippen molar-refractivity contribution in [3.8, 4) is 39.3 Å². The number of fused-ring (bicyclic) bond motifs is 5. The van der Waals surface area contributed by atoms with Gasteiger partial charge in [0.15, 0.2) is 0 Å². The molecular formula is C50H37N3. The molecule has 0 unspecified atom stereocenters. The first-order chi connectivity index (χ1) is 26.1. The lowest BCUT2D eigenvalue weighted by molar-refractivity contribution is 0.660. The van der Waals surface area contributed by atoms with Gasteiger partial charge in [-0.15, -0.1) is 0 Å². The number of imidazole rings is 1. The molecule has 0 saturated heterocycles. The minimum Gasteiger partial charge on any atom is -0.310 e. The van der Waals surface area contributed by atoms with E-state index in [9.17, 15) is 0 Å². The summed E-state index contributed by atoms with van der Waals surface area (Å²) in [5, 5.41) is 2.31. The lowest BCUT2D eigenvalue weighted by Crippen LogP contribution is -2.14. The van der Waals surface area contributed by atoms with Crippen molar-refractivity contribution >= 4 is 38.9 Å². The molecule has 0 saturated carbocycles. The zero-order chi connectivity index (χ0) is 35.5. The number of benzene rings is 8. The van der Waals surface area contributed by atoms with Crippen LogP contribution in [-0.4, -0.2) is 9.55 Å². The van der Waals surface area contributed by atoms with Crippen LogP contribution in [0, 0.1) is 0 Å². The highest BCUT2D eigenvalue weighted by Crippen LogP contribution is 2.50. The van der Waals surface area contributed by atoms with Crippen LogP contribution < -0.4 is 4.90 Å². The van der Waals surface area contributed by atoms with Gasteiger partial charge in [0, 0.05) is 33.4 Å². The van der Waals surface area contributed by atoms with Crippen molar-refractivity contribution < 1.29 is 0 Å². The van der Waals surface area contributed by atoms with E-state index < -0.39 is 0 Å². The lowest BCUT2D eigenvalue weighted by Gasteiger charge is -2.27. The summed E-state index contributed by atoms with van der Waals surface area (Å²) in [5.74, 6) is 0.927. The molecule has 3 heteroatoms. The Bertz CT molecular complexity index is 2790. The monoisotopic (exact) mass is 679 g/mol. The Labute approximate surface area is 310 Å². The van der Waals surface area contributed by atoms with E-state index in [1.165, 1.54) is 33.4 Å². The van der Waals surface area contributed by atoms with Gasteiger partial charge in [-0.3, -0.25) is 4.57 Å². The standard InChI is InChI=1S/C50H37N3/c1-50(2)44-22-12-11-20-40(44)41-30-27-35(33-45(41)50)34-25-28-38(29-26-34)52(36-15-5-3-6-16-36)47-32-31-43(39-19-9-10-21-42(39)47)49-51-46-23-13-14-24-48(46)53(49)37-17-7-4-8-18-37/h3-33H,1-2H3. The number of nitrogens with zero attached hydrogens (tertiary/aromatic N) is 3. The van der Waals surface area contributed by atoms with E-state index in [0.717, 1.165) is 55.9 Å². The minimum atomic E-state index is -0.0375. The first kappa shape index (κ1) is 31.1. The molecule has 1 heterocycles. The van der Waals surface area contributed by atoms with E-state index in [2.05, 4.69) is 211 Å². The van der Waals surface area contributed by atoms with Crippen LogP contribution in [0.1, 0.15) is 25.0 Å². The van der Waals surface area contributed by atoms with Crippen molar-refractivity contribution in [2.75, 3.05) is 4.90 Å². The van der Waals surface area contributed by atoms with Crippen LogP contribution in [0.4, 0.5) is 17.1 Å². The van der Waals surface area contributed by atoms with Gasteiger partial charge in [-0.25, -0.2) is 4.98 Å². The molecular weight excluding hydrogens is 643 g/mol. The van der Waals surface area contributed by atoms with E-state index in [4.69, 9.17) is 4.98 Å². The summed E-state index contributed by atoms with van der Waals surface area (Å²) in [5.41, 5.74) is 15.4. The molecule has 252 valence electrons. The van der Waals surface area contributed by atoms with Gasteiger partial charge >= 0.3 is 0 Å². The number of para-hydroxylation sites is 4. The Kier molecular flexibility index (Phi) is 7.16. The highest BCUT2D eigenvalue weighted by molar-refractivity contribution is 6.06. The van der Waals surface area contributed by atoms with Crippen molar-refractivity contribution in [1.82, 2.24) is 9.55 Å². The molecule has 0 aliphatic heterocycles. The van der Waals surface area contributed by atoms with Gasteiger partial charge in [-0.1, -0.05) is 135 Å². The molecule has 1 aliphatic rings. The molecule has 0 atom stereocenters. The summed E-state index contributed by atoms with van der Waals surface area (Å²) in [6, 6.07) is 67.7. The van der Waals surface area contributed by atoms with Crippen molar-refractivity contribution in [1.29, 1.82) is 0 Å². The minimum absolute atomic E-state index is 0.0375. The van der Waals surface area contributed by atoms with E-state index in [1.54, 1.807) is 0 Å². The van der Waals surface area contributed by atoms with Gasteiger partial charge in [0.1, 0.15) is 5.82 Å². The van der Waals surface area contributed by atoms with Gasteiger partial charge in [0.05, 0.1) is 16.7 Å². The molecule has 8 aromatic carbocycles. The number of rotatable bonds is 6. The first-order valence-electron chi connectivity index (χ1n) is 18.3. The third-order valence-electron chi connectivity index (χ3n) is 11.0. The van der Waals surface area contributed by atoms with Crippen LogP contribution in [0.3, 0.4) is 0 Å². The molecule has 0 fully saturated rings. The fraction of sp³-hybridized carbons (Fsp3) is 0.0600. The molecule has 3 nitrogen and oxygen atoms in total. The van der Waals surface area contributed by atoms with E-state index in [-0.39, 0.29) is 5.41 Å². The highest BCUT2D eigenvalue weighted by atomic mass is 15.1. The Balaban J connectivity index is 1.10. The topological polar surface area (TPSA) is 21.1 Å². The average Bonchev–Trinajstić information content (AvgIpc) is 3.71. The average molecular weight is 680 g/mol. The normalized spacial score (nSPS) is 12.9. The van der Waals surface area contributed by atoms with E-state index in [0.29, 0.717) is 0 Å². The maximum absolute atomic E-state index is 5.23. The second-order valence-electron chi connectivity index (χ2n) is 14.4. The van der Waals surface area contributed by atoms with Crippen LogP contribution in [0.15, 0.2) is 188 Å². The fourth-order valence-corrected chi connectivity index (χ4v) is 8.41. The smallest absolute Gasteiger partial charge is 0.146 e. The maximum Gasteiger partial charge on any atom is 0.146 e. The molecule has 0 bridgehead atoms. The summed E-state index contributed by atoms with van der Waals surface area (Å²) < 4.78 is 2.28. The van der Waals surface area contributed by atoms with Crippen LogP contribution in [-0.2, 0) is 5.41 Å². The predicted molar refractivity (Wildman–Crippen MR) is 222 cm³/mol. The zero-order valence-electron chi connectivity index (χ0n) is 29.7. The van der Waals surface area contributed by atoms with Crippen LogP contribution in [0.2, 0.25) is 0 Å². The fourth-order valence-electron chi connectivity index (χ4n) is 8.41. The van der Waals surface area contributed by atoms with Gasteiger partial charge in [-0.05, 0) is 105 Å². The number of hydrogen-bond donors (Lipinski definition) is 0. The Morgan fingerprint density at radius 1 is 0.472 bits per heavy atom. The van der Waals surface area contributed by atoms with E-state index in [1.807, 2.05) is 0 Å². The van der Waals surface area contributed by atoms with Gasteiger partial charge in [0.2, 0.25) is 0 Å². The van der Waals surface area contributed by atoms with Gasteiger partial charge < -0.3 is 4.90 Å². The van der Waals surface area contributed by atoms with Crippen LogP contribution in [0.25, 0.3) is 61.1 Å². The quantitative estimate of drug-likeness (QED) is 0.174. The molecule has 10 rings (SSSR count). The Morgan fingerprint density at radius 3 is 1.89 bits per heavy atom. The van der Waals surface area contributed by atoms with Gasteiger partial charge in [-0.2, -0.15) is 0 Å². The highest BCUT2D eigenvalue weighted by Gasteiger charge is 2.35. The third kappa shape index (κ3) is 5.00. The van der Waals surface area contributed by atoms with Crippen molar-refractivity contribution in [2.24, 2.45) is 0 Å². The molecule has 0 amide bonds. The van der Waals surface area contributed by atoms with Crippen molar-refractivity contribution in [3.63, 3.8) is 0 Å².